The molecule has 1 rings (SSSR count). The van der Waals surface area contributed by atoms with Crippen LogP contribution in [0.2, 0.25) is 0 Å². The first-order valence-corrected chi connectivity index (χ1v) is 9.50. The van der Waals surface area contributed by atoms with Crippen molar-refractivity contribution in [2.24, 2.45) is 5.41 Å². The van der Waals surface area contributed by atoms with Gasteiger partial charge in [0.2, 0.25) is 0 Å². The quantitative estimate of drug-likeness (QED) is 0.485. The van der Waals surface area contributed by atoms with Crippen LogP contribution in [0.25, 0.3) is 0 Å². The maximum atomic E-state index is 5.91. The van der Waals surface area contributed by atoms with Crippen molar-refractivity contribution in [1.29, 1.82) is 0 Å². The van der Waals surface area contributed by atoms with Gasteiger partial charge in [0, 0.05) is 11.7 Å². The van der Waals surface area contributed by atoms with E-state index in [1.54, 1.807) is 0 Å². The average molecular weight is 332 g/mol. The first-order valence-electron chi connectivity index (χ1n) is 9.50. The first kappa shape index (κ1) is 20.6. The van der Waals surface area contributed by atoms with Gasteiger partial charge in [-0.3, -0.25) is 0 Å². The molecule has 0 saturated carbocycles. The van der Waals surface area contributed by atoms with Crippen LogP contribution in [0.3, 0.4) is 0 Å². The Balaban J connectivity index is 2.58. The van der Waals surface area contributed by atoms with Crippen LogP contribution in [0.5, 0.6) is 5.75 Å². The Bertz CT molecular complexity index is 499. The summed E-state index contributed by atoms with van der Waals surface area (Å²) in [5.41, 5.74) is 2.87. The van der Waals surface area contributed by atoms with Crippen LogP contribution in [-0.4, -0.2) is 6.61 Å². The molecule has 0 bridgehead atoms. The van der Waals surface area contributed by atoms with E-state index in [1.807, 2.05) is 0 Å². The van der Waals surface area contributed by atoms with E-state index in [2.05, 4.69) is 77.2 Å². The second-order valence-corrected chi connectivity index (χ2v) is 7.90. The Hall–Kier alpha value is -1.44. The summed E-state index contributed by atoms with van der Waals surface area (Å²) in [5.74, 6) is 0.982. The molecule has 0 aliphatic carbocycles. The summed E-state index contributed by atoms with van der Waals surface area (Å²) in [6.07, 6.45) is 8.20. The summed E-state index contributed by atoms with van der Waals surface area (Å²) in [4.78, 5) is 0. The van der Waals surface area contributed by atoms with Crippen LogP contribution in [0, 0.1) is 5.41 Å². The lowest BCUT2D eigenvalue weighted by Crippen LogP contribution is -2.21. The van der Waals surface area contributed by atoms with E-state index in [-0.39, 0.29) is 11.5 Å². The van der Waals surface area contributed by atoms with Gasteiger partial charge in [-0.1, -0.05) is 65.2 Å². The van der Waals surface area contributed by atoms with Crippen molar-refractivity contribution in [2.45, 2.75) is 79.7 Å². The fourth-order valence-corrected chi connectivity index (χ4v) is 2.76. The second kappa shape index (κ2) is 10.4. The largest absolute Gasteiger partial charge is 0.494 e. The van der Waals surface area contributed by atoms with Crippen molar-refractivity contribution in [3.63, 3.8) is 0 Å². The molecular formula is C22H37NO. The average Bonchev–Trinajstić information content (AvgIpc) is 2.53. The lowest BCUT2D eigenvalue weighted by atomic mass is 9.90. The van der Waals surface area contributed by atoms with Gasteiger partial charge in [-0.15, -0.1) is 0 Å². The Morgan fingerprint density at radius 2 is 1.96 bits per heavy atom. The third-order valence-electron chi connectivity index (χ3n) is 4.10. The summed E-state index contributed by atoms with van der Waals surface area (Å²) in [6.45, 7) is 14.2. The van der Waals surface area contributed by atoms with Gasteiger partial charge in [0.15, 0.2) is 0 Å². The highest BCUT2D eigenvalue weighted by atomic mass is 16.5. The lowest BCUT2D eigenvalue weighted by molar-refractivity contribution is 0.304. The smallest absolute Gasteiger partial charge is 0.119 e. The Morgan fingerprint density at radius 3 is 2.58 bits per heavy atom. The molecule has 0 aliphatic heterocycles. The van der Waals surface area contributed by atoms with Crippen molar-refractivity contribution < 1.29 is 4.74 Å². The molecule has 24 heavy (non-hydrogen) atoms. The molecule has 0 heterocycles. The normalized spacial score (nSPS) is 13.7. The van der Waals surface area contributed by atoms with E-state index in [9.17, 15) is 0 Å². The topological polar surface area (TPSA) is 21.3 Å². The molecule has 0 radical (unpaired) electrons. The lowest BCUT2D eigenvalue weighted by Gasteiger charge is -2.25. The minimum atomic E-state index is 0.280. The van der Waals surface area contributed by atoms with Crippen molar-refractivity contribution >= 4 is 0 Å². The van der Waals surface area contributed by atoms with E-state index in [4.69, 9.17) is 4.74 Å². The maximum Gasteiger partial charge on any atom is 0.119 e. The zero-order chi connectivity index (χ0) is 18.0. The van der Waals surface area contributed by atoms with Gasteiger partial charge in [-0.25, -0.2) is 0 Å². The number of rotatable bonds is 10. The molecule has 0 aromatic heterocycles. The molecular weight excluding hydrogens is 294 g/mol. The molecule has 0 saturated heterocycles. The van der Waals surface area contributed by atoms with Crippen molar-refractivity contribution in [2.75, 3.05) is 6.61 Å². The van der Waals surface area contributed by atoms with E-state index >= 15 is 0 Å². The van der Waals surface area contributed by atoms with Crippen molar-refractivity contribution in [3.8, 4) is 5.75 Å². The van der Waals surface area contributed by atoms with Crippen LogP contribution in [-0.2, 0) is 0 Å². The highest BCUT2D eigenvalue weighted by Crippen LogP contribution is 2.26. The zero-order valence-corrected chi connectivity index (χ0v) is 16.6. The fraction of sp³-hybridized carbons (Fsp3) is 0.636. The molecule has 0 spiro atoms. The molecule has 0 amide bonds. The monoisotopic (exact) mass is 331 g/mol. The van der Waals surface area contributed by atoms with Gasteiger partial charge in [-0.05, 0) is 49.8 Å². The third-order valence-corrected chi connectivity index (χ3v) is 4.10. The predicted molar refractivity (Wildman–Crippen MR) is 105 cm³/mol. The van der Waals surface area contributed by atoms with Gasteiger partial charge in [-0.2, -0.15) is 0 Å². The second-order valence-electron chi connectivity index (χ2n) is 7.90. The van der Waals surface area contributed by atoms with Crippen LogP contribution < -0.4 is 10.1 Å². The summed E-state index contributed by atoms with van der Waals surface area (Å²) in [7, 11) is 0. The van der Waals surface area contributed by atoms with Crippen LogP contribution in [0.1, 0.15) is 85.3 Å². The highest BCUT2D eigenvalue weighted by Gasteiger charge is 2.15. The van der Waals surface area contributed by atoms with Crippen LogP contribution >= 0.6 is 0 Å². The molecule has 0 fully saturated rings. The van der Waals surface area contributed by atoms with Crippen molar-refractivity contribution in [3.05, 3.63) is 41.6 Å². The standard InChI is InChI=1S/C22H37NO/c1-7-9-10-11-15-24-21-14-12-13-19(16-21)18(3)23-20(8-2)17-22(4,5)6/h8,12-14,16,18,23H,7,9-11,15,17H2,1-6H3/b20-8+. The number of nitrogens with one attached hydrogen (secondary N) is 1. The predicted octanol–water partition coefficient (Wildman–Crippen LogP) is 6.64. The molecule has 1 atom stereocenters. The molecule has 1 N–H and O–H groups in total. The number of unbranched alkanes of at least 4 members (excludes halogenated alkanes) is 3. The van der Waals surface area contributed by atoms with Gasteiger partial charge in [0.25, 0.3) is 0 Å². The Morgan fingerprint density at radius 1 is 1.21 bits per heavy atom. The van der Waals surface area contributed by atoms with Crippen molar-refractivity contribution in [1.82, 2.24) is 5.32 Å². The zero-order valence-electron chi connectivity index (χ0n) is 16.6. The molecule has 136 valence electrons. The summed E-state index contributed by atoms with van der Waals surface area (Å²) in [6, 6.07) is 8.77. The minimum absolute atomic E-state index is 0.280. The SMILES string of the molecule is C/C=C(\CC(C)(C)C)NC(C)c1cccc(OCCCCCC)c1. The third kappa shape index (κ3) is 8.42. The molecule has 2 heteroatoms. The molecule has 0 aliphatic rings. The Kier molecular flexibility index (Phi) is 8.95. The molecule has 1 aromatic carbocycles. The summed E-state index contributed by atoms with van der Waals surface area (Å²) in [5, 5.41) is 3.66. The molecule has 1 aromatic rings. The van der Waals surface area contributed by atoms with E-state index in [1.165, 1.54) is 30.5 Å². The molecule has 1 unspecified atom stereocenters. The van der Waals surface area contributed by atoms with Gasteiger partial charge < -0.3 is 10.1 Å². The number of benzene rings is 1. The first-order chi connectivity index (χ1) is 11.4. The van der Waals surface area contributed by atoms with Crippen LogP contribution in [0.15, 0.2) is 36.0 Å². The number of hydrogen-bond donors (Lipinski definition) is 1. The number of hydrogen-bond acceptors (Lipinski definition) is 2. The van der Waals surface area contributed by atoms with Gasteiger partial charge >= 0.3 is 0 Å². The number of ether oxygens (including phenoxy) is 1. The summed E-state index contributed by atoms with van der Waals surface area (Å²) >= 11 is 0. The van der Waals surface area contributed by atoms with Gasteiger partial charge in [0.05, 0.1) is 6.61 Å². The summed E-state index contributed by atoms with van der Waals surface area (Å²) < 4.78 is 5.91. The fourth-order valence-electron chi connectivity index (χ4n) is 2.76. The molecule has 2 nitrogen and oxygen atoms in total. The van der Waals surface area contributed by atoms with Crippen LogP contribution in [0.4, 0.5) is 0 Å². The van der Waals surface area contributed by atoms with E-state index in [0.717, 1.165) is 25.2 Å². The Labute approximate surface area is 149 Å². The minimum Gasteiger partial charge on any atom is -0.494 e. The maximum absolute atomic E-state index is 5.91. The van der Waals surface area contributed by atoms with E-state index < -0.39 is 0 Å². The van der Waals surface area contributed by atoms with E-state index in [0.29, 0.717) is 0 Å². The van der Waals surface area contributed by atoms with Gasteiger partial charge in [0.1, 0.15) is 5.75 Å². The number of allylic oxidation sites excluding steroid dienone is 2. The highest BCUT2D eigenvalue weighted by molar-refractivity contribution is 5.31.